The number of hydrogen-bond donors (Lipinski definition) is 1. The number of benzene rings is 1. The van der Waals surface area contributed by atoms with Gasteiger partial charge in [0.05, 0.1) is 9.82 Å². The fourth-order valence-electron chi connectivity index (χ4n) is 3.54. The van der Waals surface area contributed by atoms with E-state index in [2.05, 4.69) is 11.4 Å². The highest BCUT2D eigenvalue weighted by Crippen LogP contribution is 2.30. The molecule has 0 spiro atoms. The minimum atomic E-state index is -3.66. The van der Waals surface area contributed by atoms with E-state index in [-0.39, 0.29) is 10.6 Å². The largest absolute Gasteiger partial charge is 0.379 e. The minimum Gasteiger partial charge on any atom is -0.379 e. The maximum absolute atomic E-state index is 12.6. The van der Waals surface area contributed by atoms with Gasteiger partial charge in [-0.15, -0.1) is 0 Å². The number of sulfonamides is 1. The van der Waals surface area contributed by atoms with Gasteiger partial charge in [-0.1, -0.05) is 11.6 Å². The van der Waals surface area contributed by atoms with Crippen LogP contribution in [0.25, 0.3) is 0 Å². The molecule has 1 fully saturated rings. The third-order valence-electron chi connectivity index (χ3n) is 5.02. The molecule has 1 heterocycles. The molecule has 1 N–H and O–H groups in total. The van der Waals surface area contributed by atoms with Crippen molar-refractivity contribution in [1.82, 2.24) is 4.31 Å². The van der Waals surface area contributed by atoms with Crippen LogP contribution < -0.4 is 5.32 Å². The van der Waals surface area contributed by atoms with Crippen LogP contribution in [-0.4, -0.2) is 37.3 Å². The van der Waals surface area contributed by atoms with Crippen LogP contribution in [0.2, 0.25) is 0 Å². The zero-order chi connectivity index (χ0) is 18.6. The molecule has 142 valence electrons. The maximum Gasteiger partial charge on any atom is 0.293 e. The van der Waals surface area contributed by atoms with E-state index in [0.717, 1.165) is 32.1 Å². The average Bonchev–Trinajstić information content (AvgIpc) is 3.18. The van der Waals surface area contributed by atoms with Crippen LogP contribution in [0.1, 0.15) is 44.9 Å². The summed E-state index contributed by atoms with van der Waals surface area (Å²) in [6, 6.07) is 4.15. The minimum absolute atomic E-state index is 0.00774. The Bertz CT molecular complexity index is 799. The second kappa shape index (κ2) is 8.18. The zero-order valence-electron chi connectivity index (χ0n) is 14.8. The first-order valence-corrected chi connectivity index (χ1v) is 10.6. The number of nitro benzene ring substituents is 1. The Balaban J connectivity index is 1.74. The van der Waals surface area contributed by atoms with E-state index >= 15 is 0 Å². The lowest BCUT2D eigenvalue weighted by molar-refractivity contribution is -0.384. The Labute approximate surface area is 154 Å². The molecular weight excluding hydrogens is 354 g/mol. The first kappa shape index (κ1) is 18.8. The van der Waals surface area contributed by atoms with E-state index in [1.54, 1.807) is 0 Å². The van der Waals surface area contributed by atoms with Gasteiger partial charge in [-0.3, -0.25) is 10.1 Å². The second-order valence-corrected chi connectivity index (χ2v) is 8.77. The van der Waals surface area contributed by atoms with Gasteiger partial charge < -0.3 is 5.32 Å². The topological polar surface area (TPSA) is 92.5 Å². The van der Waals surface area contributed by atoms with Crippen molar-refractivity contribution in [1.29, 1.82) is 0 Å². The summed E-state index contributed by atoms with van der Waals surface area (Å²) in [5, 5.41) is 14.5. The molecule has 0 unspecified atom stereocenters. The lowest BCUT2D eigenvalue weighted by Gasteiger charge is -2.16. The molecule has 0 atom stereocenters. The predicted molar refractivity (Wildman–Crippen MR) is 101 cm³/mol. The molecule has 0 bridgehead atoms. The zero-order valence-corrected chi connectivity index (χ0v) is 15.6. The average molecular weight is 379 g/mol. The van der Waals surface area contributed by atoms with Crippen molar-refractivity contribution >= 4 is 21.4 Å². The number of allylic oxidation sites excluding steroid dienone is 1. The molecule has 1 aliphatic heterocycles. The summed E-state index contributed by atoms with van der Waals surface area (Å²) in [5.74, 6) is 0. The van der Waals surface area contributed by atoms with Crippen LogP contribution in [0.15, 0.2) is 34.7 Å². The van der Waals surface area contributed by atoms with Crippen LogP contribution in [0.4, 0.5) is 11.4 Å². The van der Waals surface area contributed by atoms with Crippen LogP contribution >= 0.6 is 0 Å². The van der Waals surface area contributed by atoms with Crippen LogP contribution in [0.5, 0.6) is 0 Å². The normalized spacial score (nSPS) is 18.5. The Morgan fingerprint density at radius 3 is 2.58 bits per heavy atom. The molecule has 1 aromatic rings. The van der Waals surface area contributed by atoms with Crippen molar-refractivity contribution in [2.75, 3.05) is 25.0 Å². The van der Waals surface area contributed by atoms with Crippen molar-refractivity contribution in [2.24, 2.45) is 0 Å². The molecule has 7 nitrogen and oxygen atoms in total. The summed E-state index contributed by atoms with van der Waals surface area (Å²) in [6.07, 6.45) is 9.41. The quantitative estimate of drug-likeness (QED) is 0.443. The SMILES string of the molecule is O=[N+]([O-])c1cc(S(=O)(=O)N2CCCC2)ccc1NCCC1=CCCCC1. The highest BCUT2D eigenvalue weighted by atomic mass is 32.2. The van der Waals surface area contributed by atoms with Crippen molar-refractivity contribution in [3.05, 3.63) is 40.0 Å². The highest BCUT2D eigenvalue weighted by Gasteiger charge is 2.29. The molecule has 1 aliphatic carbocycles. The summed E-state index contributed by atoms with van der Waals surface area (Å²) >= 11 is 0. The molecule has 2 aliphatic rings. The molecule has 3 rings (SSSR count). The van der Waals surface area contributed by atoms with Crippen LogP contribution in [-0.2, 0) is 10.0 Å². The van der Waals surface area contributed by atoms with Gasteiger partial charge in [-0.25, -0.2) is 8.42 Å². The van der Waals surface area contributed by atoms with E-state index in [1.807, 2.05) is 0 Å². The van der Waals surface area contributed by atoms with Gasteiger partial charge in [0.25, 0.3) is 5.69 Å². The van der Waals surface area contributed by atoms with Crippen molar-refractivity contribution in [3.63, 3.8) is 0 Å². The Morgan fingerprint density at radius 1 is 1.15 bits per heavy atom. The number of anilines is 1. The first-order chi connectivity index (χ1) is 12.5. The lowest BCUT2D eigenvalue weighted by Crippen LogP contribution is -2.27. The second-order valence-electron chi connectivity index (χ2n) is 6.83. The number of nitro groups is 1. The fourth-order valence-corrected chi connectivity index (χ4v) is 5.08. The van der Waals surface area contributed by atoms with E-state index in [1.165, 1.54) is 40.9 Å². The van der Waals surface area contributed by atoms with Crippen LogP contribution in [0.3, 0.4) is 0 Å². The third kappa shape index (κ3) is 4.24. The molecule has 0 saturated carbocycles. The molecule has 1 aromatic carbocycles. The summed E-state index contributed by atoms with van der Waals surface area (Å²) in [5.41, 5.74) is 1.56. The number of nitrogens with one attached hydrogen (secondary N) is 1. The van der Waals surface area contributed by atoms with Gasteiger partial charge in [0.1, 0.15) is 5.69 Å². The fraction of sp³-hybridized carbons (Fsp3) is 0.556. The van der Waals surface area contributed by atoms with Gasteiger partial charge in [-0.2, -0.15) is 4.31 Å². The van der Waals surface area contributed by atoms with E-state index in [9.17, 15) is 18.5 Å². The molecular formula is C18H25N3O4S. The van der Waals surface area contributed by atoms with Gasteiger partial charge in [0, 0.05) is 25.7 Å². The van der Waals surface area contributed by atoms with Gasteiger partial charge in [-0.05, 0) is 57.1 Å². The van der Waals surface area contributed by atoms with E-state index < -0.39 is 14.9 Å². The molecule has 0 radical (unpaired) electrons. The van der Waals surface area contributed by atoms with Gasteiger partial charge >= 0.3 is 0 Å². The summed E-state index contributed by atoms with van der Waals surface area (Å²) in [6.45, 7) is 1.56. The summed E-state index contributed by atoms with van der Waals surface area (Å²) in [4.78, 5) is 10.9. The molecule has 0 amide bonds. The smallest absolute Gasteiger partial charge is 0.293 e. The maximum atomic E-state index is 12.6. The molecule has 26 heavy (non-hydrogen) atoms. The Kier molecular flexibility index (Phi) is 5.93. The van der Waals surface area contributed by atoms with E-state index in [0.29, 0.717) is 25.3 Å². The standard InChI is InChI=1S/C18H25N3O4S/c22-21(23)18-14-16(26(24,25)20-12-4-5-13-20)8-9-17(18)19-11-10-15-6-2-1-3-7-15/h6,8-9,14,19H,1-5,7,10-13H2. The van der Waals surface area contributed by atoms with Crippen molar-refractivity contribution < 1.29 is 13.3 Å². The molecule has 1 saturated heterocycles. The first-order valence-electron chi connectivity index (χ1n) is 9.19. The number of hydrogen-bond acceptors (Lipinski definition) is 5. The predicted octanol–water partition coefficient (Wildman–Crippen LogP) is 3.68. The van der Waals surface area contributed by atoms with Crippen molar-refractivity contribution in [2.45, 2.75) is 49.8 Å². The number of nitrogens with zero attached hydrogens (tertiary/aromatic N) is 2. The van der Waals surface area contributed by atoms with Gasteiger partial charge in [0.2, 0.25) is 10.0 Å². The Morgan fingerprint density at radius 2 is 1.92 bits per heavy atom. The summed E-state index contributed by atoms with van der Waals surface area (Å²) in [7, 11) is -3.66. The monoisotopic (exact) mass is 379 g/mol. The molecule has 0 aromatic heterocycles. The Hall–Kier alpha value is -1.93. The van der Waals surface area contributed by atoms with Crippen molar-refractivity contribution in [3.8, 4) is 0 Å². The molecule has 8 heteroatoms. The van der Waals surface area contributed by atoms with E-state index in [4.69, 9.17) is 0 Å². The van der Waals surface area contributed by atoms with Crippen LogP contribution in [0, 0.1) is 10.1 Å². The number of rotatable bonds is 7. The highest BCUT2D eigenvalue weighted by molar-refractivity contribution is 7.89. The lowest BCUT2D eigenvalue weighted by atomic mass is 9.97. The summed E-state index contributed by atoms with van der Waals surface area (Å²) < 4.78 is 26.6. The third-order valence-corrected chi connectivity index (χ3v) is 6.91. The van der Waals surface area contributed by atoms with Gasteiger partial charge in [0.15, 0.2) is 0 Å².